The van der Waals surface area contributed by atoms with Crippen molar-refractivity contribution in [2.24, 2.45) is 5.92 Å². The number of methoxy groups -OCH3 is 1. The van der Waals surface area contributed by atoms with Gasteiger partial charge in [0.25, 0.3) is 0 Å². The Kier molecular flexibility index (Phi) is 8.18. The van der Waals surface area contributed by atoms with Gasteiger partial charge in [-0.3, -0.25) is 4.79 Å². The van der Waals surface area contributed by atoms with Crippen LogP contribution in [0, 0.1) is 5.92 Å². The Morgan fingerprint density at radius 2 is 1.75 bits per heavy atom. The molecule has 11 heteroatoms. The molecule has 1 N–H and O–H groups in total. The van der Waals surface area contributed by atoms with Gasteiger partial charge in [-0.2, -0.15) is 4.31 Å². The number of anilines is 1. The molecule has 0 saturated carbocycles. The van der Waals surface area contributed by atoms with Crippen LogP contribution in [0.1, 0.15) is 45.4 Å². The van der Waals surface area contributed by atoms with E-state index in [0.717, 1.165) is 19.3 Å². The van der Waals surface area contributed by atoms with Gasteiger partial charge in [0.1, 0.15) is 10.6 Å². The fourth-order valence-corrected chi connectivity index (χ4v) is 7.53. The van der Waals surface area contributed by atoms with Crippen LogP contribution in [0.15, 0.2) is 23.1 Å². The Morgan fingerprint density at radius 3 is 2.41 bits per heavy atom. The Hall–Kier alpha value is -1.69. The molecule has 1 amide bonds. The summed E-state index contributed by atoms with van der Waals surface area (Å²) >= 11 is 0. The normalized spacial score (nSPS) is 21.2. The van der Waals surface area contributed by atoms with Gasteiger partial charge >= 0.3 is 0 Å². The summed E-state index contributed by atoms with van der Waals surface area (Å²) in [4.78, 5) is 12.9. The molecule has 2 heterocycles. The standard InChI is InChI=1S/C21H33N3O6S2/c1-3-14-31(26,27)24-13-7-8-17(16-24)21(25)22-18-9-10-19(30-2)20(15-18)32(28,29)23-11-5-4-6-12-23/h9-10,15,17H,3-8,11-14,16H2,1-2H3,(H,22,25). The van der Waals surface area contributed by atoms with Gasteiger partial charge in [-0.25, -0.2) is 21.1 Å². The van der Waals surface area contributed by atoms with Gasteiger partial charge in [-0.1, -0.05) is 13.3 Å². The van der Waals surface area contributed by atoms with E-state index in [1.807, 2.05) is 6.92 Å². The van der Waals surface area contributed by atoms with Crippen molar-refractivity contribution in [1.82, 2.24) is 8.61 Å². The summed E-state index contributed by atoms with van der Waals surface area (Å²) < 4.78 is 59.3. The number of hydrogen-bond donors (Lipinski definition) is 1. The molecule has 2 aliphatic rings. The first-order chi connectivity index (χ1) is 15.2. The van der Waals surface area contributed by atoms with Gasteiger partial charge in [0.05, 0.1) is 18.8 Å². The number of hydrogen-bond acceptors (Lipinski definition) is 6. The van der Waals surface area contributed by atoms with Gasteiger partial charge < -0.3 is 10.1 Å². The molecule has 0 spiro atoms. The number of amides is 1. The number of carbonyl (C=O) groups excluding carboxylic acids is 1. The van der Waals surface area contributed by atoms with Crippen LogP contribution < -0.4 is 10.1 Å². The Labute approximate surface area is 191 Å². The van der Waals surface area contributed by atoms with Gasteiger partial charge in [-0.05, 0) is 50.3 Å². The zero-order chi connectivity index (χ0) is 23.4. The van der Waals surface area contributed by atoms with Crippen molar-refractivity contribution in [2.45, 2.75) is 50.3 Å². The number of nitrogens with zero attached hydrogens (tertiary/aromatic N) is 2. The van der Waals surface area contributed by atoms with E-state index in [0.29, 0.717) is 44.6 Å². The molecule has 2 saturated heterocycles. The van der Waals surface area contributed by atoms with E-state index in [1.54, 1.807) is 6.07 Å². The lowest BCUT2D eigenvalue weighted by molar-refractivity contribution is -0.120. The highest BCUT2D eigenvalue weighted by molar-refractivity contribution is 7.89. The lowest BCUT2D eigenvalue weighted by Gasteiger charge is -2.31. The molecule has 1 aromatic carbocycles. The smallest absolute Gasteiger partial charge is 0.246 e. The van der Waals surface area contributed by atoms with Crippen molar-refractivity contribution >= 4 is 31.6 Å². The van der Waals surface area contributed by atoms with Crippen LogP contribution >= 0.6 is 0 Å². The van der Waals surface area contributed by atoms with E-state index in [9.17, 15) is 21.6 Å². The zero-order valence-corrected chi connectivity index (χ0v) is 20.4. The van der Waals surface area contributed by atoms with E-state index in [2.05, 4.69) is 5.32 Å². The van der Waals surface area contributed by atoms with Crippen molar-refractivity contribution in [2.75, 3.05) is 44.4 Å². The monoisotopic (exact) mass is 487 g/mol. The minimum atomic E-state index is -3.75. The van der Waals surface area contributed by atoms with E-state index in [1.165, 1.54) is 27.9 Å². The summed E-state index contributed by atoms with van der Waals surface area (Å²) in [6.45, 7) is 3.31. The summed E-state index contributed by atoms with van der Waals surface area (Å²) in [6.07, 6.45) is 4.35. The second kappa shape index (κ2) is 10.5. The largest absolute Gasteiger partial charge is 0.495 e. The number of benzene rings is 1. The second-order valence-electron chi connectivity index (χ2n) is 8.33. The molecule has 0 radical (unpaired) electrons. The van der Waals surface area contributed by atoms with E-state index < -0.39 is 26.0 Å². The first-order valence-electron chi connectivity index (χ1n) is 11.2. The molecule has 1 atom stereocenters. The highest BCUT2D eigenvalue weighted by atomic mass is 32.2. The summed E-state index contributed by atoms with van der Waals surface area (Å²) in [5, 5.41) is 2.78. The van der Waals surface area contributed by atoms with Crippen LogP contribution in [0.5, 0.6) is 5.75 Å². The number of piperidine rings is 2. The molecule has 0 aromatic heterocycles. The van der Waals surface area contributed by atoms with Crippen LogP contribution in [-0.2, 0) is 24.8 Å². The molecular weight excluding hydrogens is 454 g/mol. The SMILES string of the molecule is CCCS(=O)(=O)N1CCCC(C(=O)Nc2ccc(OC)c(S(=O)(=O)N3CCCCC3)c2)C1. The van der Waals surface area contributed by atoms with E-state index in [-0.39, 0.29) is 28.8 Å². The van der Waals surface area contributed by atoms with Crippen molar-refractivity contribution in [3.8, 4) is 5.75 Å². The minimum absolute atomic E-state index is 0.0236. The number of ether oxygens (including phenoxy) is 1. The van der Waals surface area contributed by atoms with Crippen LogP contribution in [-0.4, -0.2) is 70.4 Å². The lowest BCUT2D eigenvalue weighted by Crippen LogP contribution is -2.44. The quantitative estimate of drug-likeness (QED) is 0.602. The molecule has 32 heavy (non-hydrogen) atoms. The summed E-state index contributed by atoms with van der Waals surface area (Å²) in [5.41, 5.74) is 0.347. The maximum atomic E-state index is 13.2. The van der Waals surface area contributed by atoms with Crippen molar-refractivity contribution in [3.63, 3.8) is 0 Å². The molecule has 2 fully saturated rings. The fourth-order valence-electron chi connectivity index (χ4n) is 4.24. The molecule has 2 aliphatic heterocycles. The molecule has 3 rings (SSSR count). The number of carbonyl (C=O) groups is 1. The molecule has 9 nitrogen and oxygen atoms in total. The predicted octanol–water partition coefficient (Wildman–Crippen LogP) is 2.26. The third-order valence-corrected chi connectivity index (χ3v) is 9.94. The summed E-state index contributed by atoms with van der Waals surface area (Å²) in [5.74, 6) is -0.507. The number of rotatable bonds is 8. The Balaban J connectivity index is 1.77. The highest BCUT2D eigenvalue weighted by Crippen LogP contribution is 2.31. The van der Waals surface area contributed by atoms with E-state index in [4.69, 9.17) is 4.74 Å². The third-order valence-electron chi connectivity index (χ3n) is 5.97. The van der Waals surface area contributed by atoms with Crippen LogP contribution in [0.25, 0.3) is 0 Å². The second-order valence-corrected chi connectivity index (χ2v) is 12.3. The number of nitrogens with one attached hydrogen (secondary N) is 1. The minimum Gasteiger partial charge on any atom is -0.495 e. The first-order valence-corrected chi connectivity index (χ1v) is 14.2. The molecule has 1 aromatic rings. The highest BCUT2D eigenvalue weighted by Gasteiger charge is 2.33. The van der Waals surface area contributed by atoms with Gasteiger partial charge in [0, 0.05) is 31.9 Å². The van der Waals surface area contributed by atoms with Crippen molar-refractivity contribution in [3.05, 3.63) is 18.2 Å². The van der Waals surface area contributed by atoms with Crippen molar-refractivity contribution in [1.29, 1.82) is 0 Å². The maximum absolute atomic E-state index is 13.2. The average molecular weight is 488 g/mol. The molecule has 1 unspecified atom stereocenters. The molecular formula is C21H33N3O6S2. The van der Waals surface area contributed by atoms with Gasteiger partial charge in [0.15, 0.2) is 0 Å². The topological polar surface area (TPSA) is 113 Å². The Morgan fingerprint density at radius 1 is 1.06 bits per heavy atom. The third kappa shape index (κ3) is 5.62. The van der Waals surface area contributed by atoms with E-state index >= 15 is 0 Å². The average Bonchev–Trinajstić information content (AvgIpc) is 2.79. The predicted molar refractivity (Wildman–Crippen MR) is 123 cm³/mol. The van der Waals surface area contributed by atoms with Gasteiger partial charge in [-0.15, -0.1) is 0 Å². The molecule has 0 bridgehead atoms. The zero-order valence-electron chi connectivity index (χ0n) is 18.7. The maximum Gasteiger partial charge on any atom is 0.246 e. The Bertz CT molecular complexity index is 1020. The summed E-state index contributed by atoms with van der Waals surface area (Å²) in [6, 6.07) is 4.56. The van der Waals surface area contributed by atoms with Crippen molar-refractivity contribution < 1.29 is 26.4 Å². The van der Waals surface area contributed by atoms with Crippen LogP contribution in [0.3, 0.4) is 0 Å². The molecule has 0 aliphatic carbocycles. The fraction of sp³-hybridized carbons (Fsp3) is 0.667. The van der Waals surface area contributed by atoms with Crippen LogP contribution in [0.2, 0.25) is 0 Å². The molecule has 180 valence electrons. The van der Waals surface area contributed by atoms with Gasteiger partial charge in [0.2, 0.25) is 26.0 Å². The van der Waals surface area contributed by atoms with Crippen LogP contribution in [0.4, 0.5) is 5.69 Å². The number of sulfonamides is 2. The summed E-state index contributed by atoms with van der Waals surface area (Å²) in [7, 11) is -5.71. The first kappa shape index (κ1) is 24.9. The lowest BCUT2D eigenvalue weighted by atomic mass is 9.98.